The number of benzene rings is 2. The Morgan fingerprint density at radius 3 is 2.46 bits per heavy atom. The lowest BCUT2D eigenvalue weighted by atomic mass is 10.2. The quantitative estimate of drug-likeness (QED) is 0.672. The third-order valence-electron chi connectivity index (χ3n) is 4.57. The lowest BCUT2D eigenvalue weighted by Crippen LogP contribution is -2.49. The highest BCUT2D eigenvalue weighted by Crippen LogP contribution is 2.26. The van der Waals surface area contributed by atoms with Crippen LogP contribution < -0.4 is 9.64 Å². The number of carbonyl (C=O) groups excluding carboxylic acids is 1. The minimum Gasteiger partial charge on any atom is -0.426 e. The molecule has 0 aliphatic carbocycles. The number of hydrogen-bond donors (Lipinski definition) is 0. The van der Waals surface area contributed by atoms with Gasteiger partial charge in [-0.25, -0.2) is 8.78 Å². The predicted molar refractivity (Wildman–Crippen MR) is 99.7 cm³/mol. The molecule has 1 saturated heterocycles. The molecule has 2 heterocycles. The molecule has 0 N–H and O–H groups in total. The van der Waals surface area contributed by atoms with E-state index < -0.39 is 5.82 Å². The Morgan fingerprint density at radius 1 is 0.929 bits per heavy atom. The monoisotopic (exact) mass is 384 g/mol. The van der Waals surface area contributed by atoms with Gasteiger partial charge >= 0.3 is 0 Å². The zero-order valence-corrected chi connectivity index (χ0v) is 15.0. The van der Waals surface area contributed by atoms with E-state index in [0.717, 1.165) is 0 Å². The molecule has 0 atom stereocenters. The van der Waals surface area contributed by atoms with E-state index in [4.69, 9.17) is 9.15 Å². The standard InChI is InChI=1S/C21H18F2N2O3/c22-15-4-3-5-16(14-15)27-20-9-8-19(28-20)21(26)25-12-10-24(11-13-25)18-7-2-1-6-17(18)23/h1-9,14H,10-13H2. The number of nitrogens with zero attached hydrogens (tertiary/aromatic N) is 2. The Morgan fingerprint density at radius 2 is 1.71 bits per heavy atom. The molecule has 1 aliphatic heterocycles. The van der Waals surface area contributed by atoms with Crippen molar-refractivity contribution in [2.24, 2.45) is 0 Å². The summed E-state index contributed by atoms with van der Waals surface area (Å²) in [5, 5.41) is 0. The van der Waals surface area contributed by atoms with Crippen molar-refractivity contribution >= 4 is 11.6 Å². The second-order valence-corrected chi connectivity index (χ2v) is 6.41. The van der Waals surface area contributed by atoms with Crippen molar-refractivity contribution in [1.82, 2.24) is 4.90 Å². The molecule has 1 aliphatic rings. The molecule has 2 aromatic carbocycles. The van der Waals surface area contributed by atoms with Crippen molar-refractivity contribution in [3.63, 3.8) is 0 Å². The molecule has 28 heavy (non-hydrogen) atoms. The van der Waals surface area contributed by atoms with E-state index in [1.807, 2.05) is 4.90 Å². The van der Waals surface area contributed by atoms with Crippen molar-refractivity contribution in [3.05, 3.63) is 78.1 Å². The van der Waals surface area contributed by atoms with Crippen LogP contribution in [0.4, 0.5) is 14.5 Å². The summed E-state index contributed by atoms with van der Waals surface area (Å²) < 4.78 is 38.1. The second kappa shape index (κ2) is 7.72. The SMILES string of the molecule is O=C(c1ccc(Oc2cccc(F)c2)o1)N1CCN(c2ccccc2F)CC1. The Labute approximate surface area is 160 Å². The zero-order valence-electron chi connectivity index (χ0n) is 15.0. The van der Waals surface area contributed by atoms with Crippen LogP contribution in [0.2, 0.25) is 0 Å². The van der Waals surface area contributed by atoms with E-state index in [1.54, 1.807) is 29.2 Å². The summed E-state index contributed by atoms with van der Waals surface area (Å²) >= 11 is 0. The third-order valence-corrected chi connectivity index (χ3v) is 4.57. The first kappa shape index (κ1) is 18.0. The van der Waals surface area contributed by atoms with Crippen LogP contribution in [0, 0.1) is 11.6 Å². The number of furan rings is 1. The molecule has 7 heteroatoms. The average molecular weight is 384 g/mol. The Hall–Kier alpha value is -3.35. The molecule has 5 nitrogen and oxygen atoms in total. The van der Waals surface area contributed by atoms with Crippen molar-refractivity contribution in [2.75, 3.05) is 31.1 Å². The highest BCUT2D eigenvalue weighted by molar-refractivity contribution is 5.91. The maximum atomic E-state index is 13.9. The van der Waals surface area contributed by atoms with Gasteiger partial charge in [0, 0.05) is 38.3 Å². The zero-order chi connectivity index (χ0) is 19.5. The molecule has 4 rings (SSSR count). The van der Waals surface area contributed by atoms with Crippen LogP contribution in [-0.2, 0) is 0 Å². The lowest BCUT2D eigenvalue weighted by Gasteiger charge is -2.35. The van der Waals surface area contributed by atoms with Gasteiger partial charge in [0.05, 0.1) is 5.69 Å². The number of rotatable bonds is 4. The summed E-state index contributed by atoms with van der Waals surface area (Å²) in [7, 11) is 0. The number of halogens is 2. The van der Waals surface area contributed by atoms with Crippen molar-refractivity contribution in [3.8, 4) is 11.7 Å². The summed E-state index contributed by atoms with van der Waals surface area (Å²) in [5.41, 5.74) is 0.540. The van der Waals surface area contributed by atoms with Crippen LogP contribution in [0.25, 0.3) is 0 Å². The molecule has 1 aromatic heterocycles. The number of hydrogen-bond acceptors (Lipinski definition) is 4. The fraction of sp³-hybridized carbons (Fsp3) is 0.190. The van der Waals surface area contributed by atoms with Gasteiger partial charge < -0.3 is 19.0 Å². The number of amides is 1. The molecule has 0 unspecified atom stereocenters. The van der Waals surface area contributed by atoms with Crippen LogP contribution in [0.15, 0.2) is 65.1 Å². The first-order chi connectivity index (χ1) is 13.6. The van der Waals surface area contributed by atoms with Gasteiger partial charge in [0.2, 0.25) is 0 Å². The number of piperazine rings is 1. The molecule has 0 saturated carbocycles. The Kier molecular flexibility index (Phi) is 4.97. The minimum absolute atomic E-state index is 0.110. The first-order valence-electron chi connectivity index (χ1n) is 8.92. The molecule has 0 bridgehead atoms. The van der Waals surface area contributed by atoms with Gasteiger partial charge in [0.15, 0.2) is 5.76 Å². The number of para-hydroxylation sites is 1. The molecule has 1 amide bonds. The molecule has 1 fully saturated rings. The number of carbonyl (C=O) groups is 1. The van der Waals surface area contributed by atoms with Gasteiger partial charge in [0.25, 0.3) is 11.9 Å². The number of anilines is 1. The van der Waals surface area contributed by atoms with E-state index in [2.05, 4.69) is 0 Å². The van der Waals surface area contributed by atoms with E-state index >= 15 is 0 Å². The average Bonchev–Trinajstić information content (AvgIpc) is 3.16. The highest BCUT2D eigenvalue weighted by atomic mass is 19.1. The molecular weight excluding hydrogens is 366 g/mol. The van der Waals surface area contributed by atoms with Gasteiger partial charge in [0.1, 0.15) is 17.4 Å². The van der Waals surface area contributed by atoms with Gasteiger partial charge in [-0.1, -0.05) is 18.2 Å². The smallest absolute Gasteiger partial charge is 0.290 e. The molecular formula is C21H18F2N2O3. The van der Waals surface area contributed by atoms with Gasteiger partial charge in [-0.05, 0) is 30.3 Å². The second-order valence-electron chi connectivity index (χ2n) is 6.41. The third kappa shape index (κ3) is 3.83. The summed E-state index contributed by atoms with van der Waals surface area (Å²) in [6.45, 7) is 1.96. The van der Waals surface area contributed by atoms with Crippen molar-refractivity contribution in [1.29, 1.82) is 0 Å². The fourth-order valence-corrected chi connectivity index (χ4v) is 3.15. The predicted octanol–water partition coefficient (Wildman–Crippen LogP) is 4.31. The highest BCUT2D eigenvalue weighted by Gasteiger charge is 2.25. The normalized spacial score (nSPS) is 14.2. The van der Waals surface area contributed by atoms with Crippen LogP contribution in [-0.4, -0.2) is 37.0 Å². The van der Waals surface area contributed by atoms with Gasteiger partial charge in [-0.2, -0.15) is 0 Å². The molecule has 0 spiro atoms. The Balaban J connectivity index is 1.38. The number of ether oxygens (including phenoxy) is 1. The maximum absolute atomic E-state index is 13.9. The van der Waals surface area contributed by atoms with Gasteiger partial charge in [-0.15, -0.1) is 0 Å². The lowest BCUT2D eigenvalue weighted by molar-refractivity contribution is 0.0709. The summed E-state index contributed by atoms with van der Waals surface area (Å²) in [6, 6.07) is 15.3. The van der Waals surface area contributed by atoms with Crippen molar-refractivity contribution in [2.45, 2.75) is 0 Å². The van der Waals surface area contributed by atoms with Crippen LogP contribution in [0.5, 0.6) is 11.7 Å². The van der Waals surface area contributed by atoms with Crippen molar-refractivity contribution < 1.29 is 22.7 Å². The topological polar surface area (TPSA) is 45.9 Å². The van der Waals surface area contributed by atoms with E-state index in [0.29, 0.717) is 31.9 Å². The first-order valence-corrected chi connectivity index (χ1v) is 8.92. The van der Waals surface area contributed by atoms with E-state index in [9.17, 15) is 13.6 Å². The van der Waals surface area contributed by atoms with Crippen LogP contribution in [0.1, 0.15) is 10.6 Å². The largest absolute Gasteiger partial charge is 0.426 e. The maximum Gasteiger partial charge on any atom is 0.290 e. The summed E-state index contributed by atoms with van der Waals surface area (Å²) in [5.74, 6) is -0.417. The van der Waals surface area contributed by atoms with Crippen LogP contribution >= 0.6 is 0 Å². The van der Waals surface area contributed by atoms with Crippen LogP contribution in [0.3, 0.4) is 0 Å². The molecule has 144 valence electrons. The fourth-order valence-electron chi connectivity index (χ4n) is 3.15. The Bertz CT molecular complexity index is 981. The van der Waals surface area contributed by atoms with Gasteiger partial charge in [-0.3, -0.25) is 4.79 Å². The minimum atomic E-state index is -0.423. The molecule has 0 radical (unpaired) electrons. The summed E-state index contributed by atoms with van der Waals surface area (Å²) in [4.78, 5) is 16.2. The van der Waals surface area contributed by atoms with E-state index in [-0.39, 0.29) is 29.2 Å². The summed E-state index contributed by atoms with van der Waals surface area (Å²) in [6.07, 6.45) is 0. The van der Waals surface area contributed by atoms with E-state index in [1.165, 1.54) is 36.4 Å². The molecule has 3 aromatic rings.